The van der Waals surface area contributed by atoms with E-state index in [1.54, 1.807) is 0 Å². The van der Waals surface area contributed by atoms with Crippen LogP contribution in [0, 0.1) is 0 Å². The number of amides is 1. The highest BCUT2D eigenvalue weighted by molar-refractivity contribution is 7.10. The van der Waals surface area contributed by atoms with Crippen LogP contribution in [0.5, 0.6) is 0 Å². The molecule has 1 aromatic heterocycles. The molecule has 72 valence electrons. The molecule has 0 atom stereocenters. The fourth-order valence-electron chi connectivity index (χ4n) is 0.691. The molecule has 0 aliphatic heterocycles. The van der Waals surface area contributed by atoms with Gasteiger partial charge in [-0.25, -0.2) is 0 Å². The summed E-state index contributed by atoms with van der Waals surface area (Å²) < 4.78 is 0. The summed E-state index contributed by atoms with van der Waals surface area (Å²) in [4.78, 5) is 16.0. The van der Waals surface area contributed by atoms with Gasteiger partial charge < -0.3 is 5.73 Å². The van der Waals surface area contributed by atoms with Crippen molar-refractivity contribution in [3.8, 4) is 0 Å². The second-order valence-electron chi connectivity index (χ2n) is 2.31. The molecule has 3 N–H and O–H groups in total. The second-order valence-corrected chi connectivity index (χ2v) is 3.74. The summed E-state index contributed by atoms with van der Waals surface area (Å²) in [5.74, 6) is -0.503. The number of carbonyl (C=O) groups is 1. The lowest BCUT2D eigenvalue weighted by Gasteiger charge is -2.00. The van der Waals surface area contributed by atoms with Crippen molar-refractivity contribution in [3.05, 3.63) is 21.3 Å². The summed E-state index contributed by atoms with van der Waals surface area (Å²) in [7, 11) is 0. The van der Waals surface area contributed by atoms with Crippen molar-refractivity contribution in [1.82, 2.24) is 5.48 Å². The summed E-state index contributed by atoms with van der Waals surface area (Å²) >= 11 is 7.21. The lowest BCUT2D eigenvalue weighted by Crippen LogP contribution is -2.24. The summed E-state index contributed by atoms with van der Waals surface area (Å²) in [6, 6.07) is 1.83. The highest BCUT2D eigenvalue weighted by Gasteiger charge is 1.98. The van der Waals surface area contributed by atoms with Crippen LogP contribution < -0.4 is 11.2 Å². The van der Waals surface area contributed by atoms with Gasteiger partial charge in [0.05, 0.1) is 11.6 Å². The molecular weight excluding hydrogens is 212 g/mol. The number of hydrogen-bond donors (Lipinski definition) is 2. The van der Waals surface area contributed by atoms with Crippen LogP contribution in [0.3, 0.4) is 0 Å². The Morgan fingerprint density at radius 1 is 1.77 bits per heavy atom. The van der Waals surface area contributed by atoms with E-state index in [9.17, 15) is 4.79 Å². The van der Waals surface area contributed by atoms with Gasteiger partial charge >= 0.3 is 0 Å². The summed E-state index contributed by atoms with van der Waals surface area (Å²) in [6.07, 6.45) is 0. The molecule has 0 spiro atoms. The lowest BCUT2D eigenvalue weighted by atomic mass is 10.5. The monoisotopic (exact) mass is 220 g/mol. The third-order valence-electron chi connectivity index (χ3n) is 1.18. The molecule has 0 unspecified atom stereocenters. The standard InChI is InChI=1S/C7H9ClN2O2S/c8-5-1-6(13-4-5)2-10-12-3-7(9)11/h1,4,10H,2-3H2,(H2,9,11). The predicted octanol–water partition coefficient (Wildman–Crippen LogP) is 0.908. The van der Waals surface area contributed by atoms with E-state index in [2.05, 4.69) is 5.48 Å². The SMILES string of the molecule is NC(=O)CONCc1cc(Cl)cs1. The minimum Gasteiger partial charge on any atom is -0.368 e. The van der Waals surface area contributed by atoms with Gasteiger partial charge in [0.15, 0.2) is 0 Å². The van der Waals surface area contributed by atoms with Gasteiger partial charge in [0.1, 0.15) is 6.61 Å². The van der Waals surface area contributed by atoms with Crippen LogP contribution in [0.25, 0.3) is 0 Å². The van der Waals surface area contributed by atoms with E-state index < -0.39 is 5.91 Å². The van der Waals surface area contributed by atoms with Crippen LogP contribution in [0.15, 0.2) is 11.4 Å². The molecule has 0 aliphatic rings. The fourth-order valence-corrected chi connectivity index (χ4v) is 1.69. The number of rotatable bonds is 5. The van der Waals surface area contributed by atoms with Crippen molar-refractivity contribution in [2.75, 3.05) is 6.61 Å². The number of nitrogens with one attached hydrogen (secondary N) is 1. The quantitative estimate of drug-likeness (QED) is 0.573. The normalized spacial score (nSPS) is 10.2. The topological polar surface area (TPSA) is 64.4 Å². The molecule has 0 aliphatic carbocycles. The number of halogens is 1. The van der Waals surface area contributed by atoms with Gasteiger partial charge in [0.2, 0.25) is 5.91 Å². The van der Waals surface area contributed by atoms with E-state index in [1.165, 1.54) is 11.3 Å². The van der Waals surface area contributed by atoms with Gasteiger partial charge in [-0.3, -0.25) is 9.63 Å². The van der Waals surface area contributed by atoms with E-state index in [0.29, 0.717) is 11.6 Å². The average molecular weight is 221 g/mol. The smallest absolute Gasteiger partial charge is 0.245 e. The number of thiophene rings is 1. The van der Waals surface area contributed by atoms with Gasteiger partial charge in [-0.2, -0.15) is 5.48 Å². The van der Waals surface area contributed by atoms with Crippen molar-refractivity contribution in [3.63, 3.8) is 0 Å². The van der Waals surface area contributed by atoms with Gasteiger partial charge in [0, 0.05) is 10.3 Å². The molecule has 1 aromatic rings. The van der Waals surface area contributed by atoms with E-state index in [-0.39, 0.29) is 6.61 Å². The van der Waals surface area contributed by atoms with Crippen molar-refractivity contribution in [1.29, 1.82) is 0 Å². The Morgan fingerprint density at radius 2 is 2.54 bits per heavy atom. The molecule has 1 heterocycles. The molecule has 0 fully saturated rings. The van der Waals surface area contributed by atoms with Crippen LogP contribution in [0.4, 0.5) is 0 Å². The van der Waals surface area contributed by atoms with Crippen molar-refractivity contribution in [2.24, 2.45) is 5.73 Å². The summed E-state index contributed by atoms with van der Waals surface area (Å²) in [5, 5.41) is 2.53. The Balaban J connectivity index is 2.16. The molecule has 0 aromatic carbocycles. The Bertz CT molecular complexity index is 290. The van der Waals surface area contributed by atoms with Crippen molar-refractivity contribution in [2.45, 2.75) is 6.54 Å². The van der Waals surface area contributed by atoms with Crippen LogP contribution in [-0.4, -0.2) is 12.5 Å². The molecule has 13 heavy (non-hydrogen) atoms. The second kappa shape index (κ2) is 5.18. The van der Waals surface area contributed by atoms with Crippen LogP contribution in [-0.2, 0) is 16.2 Å². The maximum atomic E-state index is 10.3. The molecule has 1 amide bonds. The first-order valence-electron chi connectivity index (χ1n) is 3.54. The Kier molecular flexibility index (Phi) is 4.17. The van der Waals surface area contributed by atoms with Crippen molar-refractivity contribution >= 4 is 28.8 Å². The summed E-state index contributed by atoms with van der Waals surface area (Å²) in [5.41, 5.74) is 7.45. The molecular formula is C7H9ClN2O2S. The molecule has 4 nitrogen and oxygen atoms in total. The maximum Gasteiger partial charge on any atom is 0.245 e. The maximum absolute atomic E-state index is 10.3. The molecule has 1 rings (SSSR count). The summed E-state index contributed by atoms with van der Waals surface area (Å²) in [6.45, 7) is 0.393. The Hall–Kier alpha value is -0.620. The molecule has 6 heteroatoms. The zero-order chi connectivity index (χ0) is 9.68. The molecule has 0 saturated heterocycles. The van der Waals surface area contributed by atoms with Crippen LogP contribution >= 0.6 is 22.9 Å². The zero-order valence-electron chi connectivity index (χ0n) is 6.75. The number of nitrogens with two attached hydrogens (primary N) is 1. The van der Waals surface area contributed by atoms with Gasteiger partial charge in [-0.05, 0) is 6.07 Å². The average Bonchev–Trinajstić information content (AvgIpc) is 2.45. The third-order valence-corrected chi connectivity index (χ3v) is 2.47. The predicted molar refractivity (Wildman–Crippen MR) is 51.3 cm³/mol. The minimum absolute atomic E-state index is 0.126. The van der Waals surface area contributed by atoms with Crippen molar-refractivity contribution < 1.29 is 9.63 Å². The first-order valence-corrected chi connectivity index (χ1v) is 4.80. The zero-order valence-corrected chi connectivity index (χ0v) is 8.32. The third kappa shape index (κ3) is 4.23. The largest absolute Gasteiger partial charge is 0.368 e. The lowest BCUT2D eigenvalue weighted by molar-refractivity contribution is -0.125. The Labute approximate surface area is 84.6 Å². The first kappa shape index (κ1) is 10.5. The van der Waals surface area contributed by atoms with E-state index in [4.69, 9.17) is 22.2 Å². The van der Waals surface area contributed by atoms with Crippen LogP contribution in [0.1, 0.15) is 4.88 Å². The number of hydrogen-bond acceptors (Lipinski definition) is 4. The number of primary amides is 1. The highest BCUT2D eigenvalue weighted by atomic mass is 35.5. The fraction of sp³-hybridized carbons (Fsp3) is 0.286. The number of carbonyl (C=O) groups excluding carboxylic acids is 1. The number of hydroxylamine groups is 1. The van der Waals surface area contributed by atoms with E-state index in [1.807, 2.05) is 11.4 Å². The Morgan fingerprint density at radius 3 is 3.08 bits per heavy atom. The molecule has 0 saturated carbocycles. The molecule has 0 bridgehead atoms. The highest BCUT2D eigenvalue weighted by Crippen LogP contribution is 2.18. The minimum atomic E-state index is -0.503. The van der Waals surface area contributed by atoms with Crippen LogP contribution in [0.2, 0.25) is 5.02 Å². The van der Waals surface area contributed by atoms with Gasteiger partial charge in [-0.15, -0.1) is 11.3 Å². The van der Waals surface area contributed by atoms with E-state index in [0.717, 1.165) is 4.88 Å². The van der Waals surface area contributed by atoms with Gasteiger partial charge in [0.25, 0.3) is 0 Å². The first-order chi connectivity index (χ1) is 6.18. The van der Waals surface area contributed by atoms with Gasteiger partial charge in [-0.1, -0.05) is 11.6 Å². The van der Waals surface area contributed by atoms with E-state index >= 15 is 0 Å². The molecule has 0 radical (unpaired) electrons.